The van der Waals surface area contributed by atoms with Crippen LogP contribution in [-0.2, 0) is 10.0 Å². The molecule has 0 amide bonds. The van der Waals surface area contributed by atoms with Gasteiger partial charge in [-0.1, -0.05) is 11.3 Å². The lowest BCUT2D eigenvalue weighted by molar-refractivity contribution is 0.0691. The van der Waals surface area contributed by atoms with E-state index < -0.39 is 16.0 Å². The summed E-state index contributed by atoms with van der Waals surface area (Å²) in [6.45, 7) is 1.69. The molecule has 0 radical (unpaired) electrons. The minimum atomic E-state index is -3.85. The van der Waals surface area contributed by atoms with E-state index in [9.17, 15) is 13.2 Å². The van der Waals surface area contributed by atoms with Gasteiger partial charge in [0.1, 0.15) is 15.6 Å². The van der Waals surface area contributed by atoms with Gasteiger partial charge in [-0.05, 0) is 13.0 Å². The molecule has 0 aliphatic rings. The Kier molecular flexibility index (Phi) is 3.05. The standard InChI is InChI=1S/C8H8N4O4S2/c1-4-10-11-8(17-4)12-18(15,16)5-2-6(7(13)14)9-3-5/h2-3,9H,1H3,(H,11,12)(H,13,14). The van der Waals surface area contributed by atoms with Crippen molar-refractivity contribution in [1.82, 2.24) is 15.2 Å². The van der Waals surface area contributed by atoms with Crippen molar-refractivity contribution < 1.29 is 18.3 Å². The van der Waals surface area contributed by atoms with E-state index in [1.54, 1.807) is 6.92 Å². The number of aryl methyl sites for hydroxylation is 1. The number of nitrogens with one attached hydrogen (secondary N) is 2. The number of hydrogen-bond donors (Lipinski definition) is 3. The number of anilines is 1. The maximum atomic E-state index is 11.9. The molecular weight excluding hydrogens is 280 g/mol. The predicted octanol–water partition coefficient (Wildman–Crippen LogP) is 0.674. The summed E-state index contributed by atoms with van der Waals surface area (Å²) in [5.74, 6) is -1.23. The van der Waals surface area contributed by atoms with Crippen LogP contribution in [-0.4, -0.2) is 34.7 Å². The first-order valence-corrected chi connectivity index (χ1v) is 6.93. The lowest BCUT2D eigenvalue weighted by atomic mass is 10.4. The molecule has 2 rings (SSSR count). The van der Waals surface area contributed by atoms with E-state index in [-0.39, 0.29) is 15.7 Å². The normalized spacial score (nSPS) is 11.4. The summed E-state index contributed by atoms with van der Waals surface area (Å²) >= 11 is 1.08. The van der Waals surface area contributed by atoms with Crippen LogP contribution in [0.2, 0.25) is 0 Å². The Morgan fingerprint density at radius 2 is 2.22 bits per heavy atom. The molecule has 0 aromatic carbocycles. The second kappa shape index (κ2) is 4.38. The molecule has 0 aliphatic heterocycles. The minimum absolute atomic E-state index is 0.130. The number of nitrogens with zero attached hydrogens (tertiary/aromatic N) is 2. The fraction of sp³-hybridized carbons (Fsp3) is 0.125. The van der Waals surface area contributed by atoms with Gasteiger partial charge in [-0.3, -0.25) is 4.72 Å². The van der Waals surface area contributed by atoms with Gasteiger partial charge in [0, 0.05) is 6.20 Å². The van der Waals surface area contributed by atoms with Crippen LogP contribution in [0.25, 0.3) is 0 Å². The van der Waals surface area contributed by atoms with E-state index in [1.165, 1.54) is 0 Å². The van der Waals surface area contributed by atoms with E-state index in [2.05, 4.69) is 19.9 Å². The zero-order valence-electron chi connectivity index (χ0n) is 9.04. The molecular formula is C8H8N4O4S2. The lowest BCUT2D eigenvalue weighted by Gasteiger charge is -2.00. The monoisotopic (exact) mass is 288 g/mol. The molecule has 18 heavy (non-hydrogen) atoms. The third kappa shape index (κ3) is 2.49. The van der Waals surface area contributed by atoms with Crippen LogP contribution in [0.4, 0.5) is 5.13 Å². The lowest BCUT2D eigenvalue weighted by Crippen LogP contribution is -2.12. The number of carboxylic acid groups (broad SMARTS) is 1. The van der Waals surface area contributed by atoms with Crippen LogP contribution < -0.4 is 4.72 Å². The fourth-order valence-electron chi connectivity index (χ4n) is 1.16. The number of carbonyl (C=O) groups is 1. The number of H-pyrrole nitrogens is 1. The maximum Gasteiger partial charge on any atom is 0.352 e. The zero-order chi connectivity index (χ0) is 13.3. The van der Waals surface area contributed by atoms with Gasteiger partial charge in [0.25, 0.3) is 10.0 Å². The van der Waals surface area contributed by atoms with Crippen LogP contribution in [0.3, 0.4) is 0 Å². The van der Waals surface area contributed by atoms with Crippen LogP contribution in [0.5, 0.6) is 0 Å². The van der Waals surface area contributed by atoms with Gasteiger partial charge in [-0.25, -0.2) is 13.2 Å². The molecule has 2 aromatic heterocycles. The van der Waals surface area contributed by atoms with Crippen molar-refractivity contribution in [3.05, 3.63) is 23.0 Å². The number of carboxylic acids is 1. The van der Waals surface area contributed by atoms with Gasteiger partial charge in [-0.2, -0.15) is 0 Å². The molecule has 0 spiro atoms. The number of aromatic amines is 1. The summed E-state index contributed by atoms with van der Waals surface area (Å²) in [7, 11) is -3.85. The number of sulfonamides is 1. The molecule has 0 aliphatic carbocycles. The van der Waals surface area contributed by atoms with E-state index >= 15 is 0 Å². The van der Waals surface area contributed by atoms with Gasteiger partial charge in [0.05, 0.1) is 0 Å². The Labute approximate surface area is 106 Å². The summed E-state index contributed by atoms with van der Waals surface area (Å²) in [6, 6.07) is 1.03. The highest BCUT2D eigenvalue weighted by Gasteiger charge is 2.19. The van der Waals surface area contributed by atoms with E-state index in [0.29, 0.717) is 5.01 Å². The molecule has 2 aromatic rings. The Bertz CT molecular complexity index is 688. The maximum absolute atomic E-state index is 11.9. The molecule has 0 bridgehead atoms. The number of aromatic carboxylic acids is 1. The summed E-state index contributed by atoms with van der Waals surface area (Å²) in [6.07, 6.45) is 1.10. The molecule has 2 heterocycles. The highest BCUT2D eigenvalue weighted by molar-refractivity contribution is 7.93. The average Bonchev–Trinajstić information content (AvgIpc) is 2.86. The molecule has 10 heteroatoms. The highest BCUT2D eigenvalue weighted by Crippen LogP contribution is 2.19. The van der Waals surface area contributed by atoms with Crippen molar-refractivity contribution >= 4 is 32.5 Å². The molecule has 8 nitrogen and oxygen atoms in total. The first kappa shape index (κ1) is 12.5. The number of aromatic nitrogens is 3. The Morgan fingerprint density at radius 3 is 2.72 bits per heavy atom. The van der Waals surface area contributed by atoms with Gasteiger partial charge in [-0.15, -0.1) is 10.2 Å². The van der Waals surface area contributed by atoms with Crippen molar-refractivity contribution in [1.29, 1.82) is 0 Å². The van der Waals surface area contributed by atoms with Gasteiger partial charge in [0.2, 0.25) is 5.13 Å². The topological polar surface area (TPSA) is 125 Å². The van der Waals surface area contributed by atoms with Crippen LogP contribution in [0, 0.1) is 6.92 Å². The zero-order valence-corrected chi connectivity index (χ0v) is 10.7. The SMILES string of the molecule is Cc1nnc(NS(=O)(=O)c2c[nH]c(C(=O)O)c2)s1. The second-order valence-corrected chi connectivity index (χ2v) is 6.15. The summed E-state index contributed by atoms with van der Waals surface area (Å²) in [4.78, 5) is 12.8. The third-order valence-corrected chi connectivity index (χ3v) is 4.15. The van der Waals surface area contributed by atoms with Crippen molar-refractivity contribution in [3.8, 4) is 0 Å². The van der Waals surface area contributed by atoms with E-state index in [1.807, 2.05) is 0 Å². The predicted molar refractivity (Wildman–Crippen MR) is 63.2 cm³/mol. The average molecular weight is 288 g/mol. The number of hydrogen-bond acceptors (Lipinski definition) is 6. The van der Waals surface area contributed by atoms with Gasteiger partial charge < -0.3 is 10.1 Å². The first-order chi connectivity index (χ1) is 8.38. The van der Waals surface area contributed by atoms with Crippen LogP contribution in [0.15, 0.2) is 17.2 Å². The minimum Gasteiger partial charge on any atom is -0.477 e. The molecule has 0 fully saturated rings. The quantitative estimate of drug-likeness (QED) is 0.759. The Hall–Kier alpha value is -1.94. The summed E-state index contributed by atoms with van der Waals surface area (Å²) < 4.78 is 25.9. The van der Waals surface area contributed by atoms with Gasteiger partial charge >= 0.3 is 5.97 Å². The molecule has 0 saturated carbocycles. The van der Waals surface area contributed by atoms with Crippen molar-refractivity contribution in [2.75, 3.05) is 4.72 Å². The van der Waals surface area contributed by atoms with Gasteiger partial charge in [0.15, 0.2) is 0 Å². The molecule has 0 unspecified atom stereocenters. The fourth-order valence-corrected chi connectivity index (χ4v) is 2.98. The van der Waals surface area contributed by atoms with Crippen LogP contribution >= 0.6 is 11.3 Å². The molecule has 96 valence electrons. The van der Waals surface area contributed by atoms with Crippen molar-refractivity contribution in [2.24, 2.45) is 0 Å². The Balaban J connectivity index is 2.27. The van der Waals surface area contributed by atoms with E-state index in [0.717, 1.165) is 23.6 Å². The highest BCUT2D eigenvalue weighted by atomic mass is 32.2. The molecule has 0 atom stereocenters. The second-order valence-electron chi connectivity index (χ2n) is 3.29. The van der Waals surface area contributed by atoms with Crippen molar-refractivity contribution in [3.63, 3.8) is 0 Å². The smallest absolute Gasteiger partial charge is 0.352 e. The molecule has 3 N–H and O–H groups in total. The van der Waals surface area contributed by atoms with Crippen LogP contribution in [0.1, 0.15) is 15.5 Å². The van der Waals surface area contributed by atoms with Crippen molar-refractivity contribution in [2.45, 2.75) is 11.8 Å². The summed E-state index contributed by atoms with van der Waals surface area (Å²) in [5.41, 5.74) is -0.205. The Morgan fingerprint density at radius 1 is 1.50 bits per heavy atom. The largest absolute Gasteiger partial charge is 0.477 e. The third-order valence-electron chi connectivity index (χ3n) is 1.94. The van der Waals surface area contributed by atoms with E-state index in [4.69, 9.17) is 5.11 Å². The number of rotatable bonds is 4. The first-order valence-electron chi connectivity index (χ1n) is 4.63. The molecule has 0 saturated heterocycles. The summed E-state index contributed by atoms with van der Waals surface area (Å²) in [5, 5.41) is 16.7.